The van der Waals surface area contributed by atoms with Crippen LogP contribution in [0.4, 0.5) is 0 Å². The third kappa shape index (κ3) is 3.95. The average molecular weight is 297 g/mol. The van der Waals surface area contributed by atoms with Crippen molar-refractivity contribution in [2.24, 2.45) is 0 Å². The fourth-order valence-electron chi connectivity index (χ4n) is 2.20. The molecule has 0 saturated carbocycles. The molecule has 1 aliphatic rings. The lowest BCUT2D eigenvalue weighted by Gasteiger charge is -2.29. The molecule has 0 spiro atoms. The number of halogens is 1. The van der Waals surface area contributed by atoms with Crippen LogP contribution in [-0.4, -0.2) is 43.2 Å². The quantitative estimate of drug-likeness (QED) is 0.924. The molecule has 1 aromatic carbocycles. The zero-order chi connectivity index (χ0) is 14.5. The summed E-state index contributed by atoms with van der Waals surface area (Å²) in [5.74, 6) is 0.122. The molecule has 1 saturated heterocycles. The predicted molar refractivity (Wildman–Crippen MR) is 79.9 cm³/mol. The number of carbonyl (C=O) groups excluding carboxylic acids is 1. The van der Waals surface area contributed by atoms with E-state index in [0.717, 1.165) is 16.1 Å². The van der Waals surface area contributed by atoms with Crippen LogP contribution in [-0.2, 0) is 16.1 Å². The number of hydrogen-bond donors (Lipinski definition) is 1. The first-order valence-electron chi connectivity index (χ1n) is 6.93. The third-order valence-electron chi connectivity index (χ3n) is 3.50. The molecule has 5 heteroatoms. The SMILES string of the molecule is Cc1ccc(CNC(C)C(=O)N2CCOCC2)c(Cl)c1. The monoisotopic (exact) mass is 296 g/mol. The summed E-state index contributed by atoms with van der Waals surface area (Å²) in [6.07, 6.45) is 0. The van der Waals surface area contributed by atoms with Crippen molar-refractivity contribution in [3.8, 4) is 0 Å². The van der Waals surface area contributed by atoms with Gasteiger partial charge in [0.05, 0.1) is 19.3 Å². The minimum Gasteiger partial charge on any atom is -0.378 e. The highest BCUT2D eigenvalue weighted by molar-refractivity contribution is 6.31. The van der Waals surface area contributed by atoms with Gasteiger partial charge in [0.2, 0.25) is 5.91 Å². The fraction of sp³-hybridized carbons (Fsp3) is 0.533. The summed E-state index contributed by atoms with van der Waals surface area (Å²) in [4.78, 5) is 14.1. The van der Waals surface area contributed by atoms with Gasteiger partial charge in [-0.3, -0.25) is 4.79 Å². The molecule has 4 nitrogen and oxygen atoms in total. The molecular weight excluding hydrogens is 276 g/mol. The van der Waals surface area contributed by atoms with Crippen molar-refractivity contribution in [3.05, 3.63) is 34.3 Å². The molecule has 0 aromatic heterocycles. The summed E-state index contributed by atoms with van der Waals surface area (Å²) in [6, 6.07) is 5.74. The number of benzene rings is 1. The first-order chi connectivity index (χ1) is 9.58. The number of ether oxygens (including phenoxy) is 1. The van der Waals surface area contributed by atoms with Crippen molar-refractivity contribution in [1.82, 2.24) is 10.2 Å². The number of rotatable bonds is 4. The highest BCUT2D eigenvalue weighted by Crippen LogP contribution is 2.17. The van der Waals surface area contributed by atoms with E-state index in [-0.39, 0.29) is 11.9 Å². The smallest absolute Gasteiger partial charge is 0.239 e. The normalized spacial score (nSPS) is 17.1. The van der Waals surface area contributed by atoms with Gasteiger partial charge in [0.1, 0.15) is 0 Å². The number of aryl methyl sites for hydroxylation is 1. The maximum Gasteiger partial charge on any atom is 0.239 e. The molecule has 1 fully saturated rings. The molecule has 2 rings (SSSR count). The van der Waals surface area contributed by atoms with Gasteiger partial charge in [-0.15, -0.1) is 0 Å². The van der Waals surface area contributed by atoms with Crippen molar-refractivity contribution in [2.75, 3.05) is 26.3 Å². The van der Waals surface area contributed by atoms with Crippen molar-refractivity contribution >= 4 is 17.5 Å². The second-order valence-corrected chi connectivity index (χ2v) is 5.54. The largest absolute Gasteiger partial charge is 0.378 e. The molecule has 110 valence electrons. The highest BCUT2D eigenvalue weighted by Gasteiger charge is 2.22. The van der Waals surface area contributed by atoms with Crippen LogP contribution in [0.5, 0.6) is 0 Å². The van der Waals surface area contributed by atoms with Gasteiger partial charge >= 0.3 is 0 Å². The van der Waals surface area contributed by atoms with Crippen molar-refractivity contribution in [2.45, 2.75) is 26.4 Å². The van der Waals surface area contributed by atoms with Gasteiger partial charge in [-0.2, -0.15) is 0 Å². The first-order valence-corrected chi connectivity index (χ1v) is 7.30. The van der Waals surface area contributed by atoms with Crippen LogP contribution in [0.25, 0.3) is 0 Å². The maximum atomic E-state index is 12.2. The molecule has 1 heterocycles. The number of hydrogen-bond acceptors (Lipinski definition) is 3. The number of carbonyl (C=O) groups is 1. The molecule has 1 aliphatic heterocycles. The van der Waals surface area contributed by atoms with E-state index in [2.05, 4.69) is 5.32 Å². The van der Waals surface area contributed by atoms with Gasteiger partial charge in [0.15, 0.2) is 0 Å². The summed E-state index contributed by atoms with van der Waals surface area (Å²) in [5.41, 5.74) is 2.15. The minimum atomic E-state index is -0.217. The molecule has 20 heavy (non-hydrogen) atoms. The summed E-state index contributed by atoms with van der Waals surface area (Å²) >= 11 is 6.19. The standard InChI is InChI=1S/C15H21ClN2O2/c1-11-3-4-13(14(16)9-11)10-17-12(2)15(19)18-5-7-20-8-6-18/h3-4,9,12,17H,5-8,10H2,1-2H3. The van der Waals surface area contributed by atoms with E-state index < -0.39 is 0 Å². The lowest BCUT2D eigenvalue weighted by Crippen LogP contribution is -2.49. The Morgan fingerprint density at radius 2 is 2.15 bits per heavy atom. The maximum absolute atomic E-state index is 12.2. The van der Waals surface area contributed by atoms with Crippen molar-refractivity contribution in [1.29, 1.82) is 0 Å². The molecular formula is C15H21ClN2O2. The molecule has 0 aliphatic carbocycles. The van der Waals surface area contributed by atoms with Crippen LogP contribution in [0.15, 0.2) is 18.2 Å². The van der Waals surface area contributed by atoms with Crippen LogP contribution in [0.2, 0.25) is 5.02 Å². The van der Waals surface area contributed by atoms with Gasteiger partial charge in [-0.05, 0) is 31.0 Å². The molecule has 0 bridgehead atoms. The lowest BCUT2D eigenvalue weighted by molar-refractivity contribution is -0.137. The lowest BCUT2D eigenvalue weighted by atomic mass is 10.1. The van der Waals surface area contributed by atoms with Gasteiger partial charge in [-0.1, -0.05) is 23.7 Å². The summed E-state index contributed by atoms with van der Waals surface area (Å²) < 4.78 is 5.25. The van der Waals surface area contributed by atoms with Gasteiger partial charge in [0.25, 0.3) is 0 Å². The van der Waals surface area contributed by atoms with E-state index in [4.69, 9.17) is 16.3 Å². The first kappa shape index (κ1) is 15.3. The van der Waals surface area contributed by atoms with Crippen LogP contribution in [0.3, 0.4) is 0 Å². The Kier molecular flexibility index (Phi) is 5.40. The number of nitrogens with zero attached hydrogens (tertiary/aromatic N) is 1. The summed E-state index contributed by atoms with van der Waals surface area (Å²) in [5, 5.41) is 3.98. The van der Waals surface area contributed by atoms with Gasteiger partial charge in [0, 0.05) is 24.7 Å². The van der Waals surface area contributed by atoms with Crippen LogP contribution < -0.4 is 5.32 Å². The molecule has 1 N–H and O–H groups in total. The zero-order valence-corrected chi connectivity index (χ0v) is 12.7. The average Bonchev–Trinajstić information content (AvgIpc) is 2.46. The highest BCUT2D eigenvalue weighted by atomic mass is 35.5. The molecule has 1 unspecified atom stereocenters. The van der Waals surface area contributed by atoms with Crippen molar-refractivity contribution < 1.29 is 9.53 Å². The Hall–Kier alpha value is -1.10. The fourth-order valence-corrected chi connectivity index (χ4v) is 2.51. The van der Waals surface area contributed by atoms with Crippen LogP contribution in [0, 0.1) is 6.92 Å². The molecule has 1 amide bonds. The van der Waals surface area contributed by atoms with E-state index in [9.17, 15) is 4.79 Å². The minimum absolute atomic E-state index is 0.122. The Labute approximate surface area is 125 Å². The second kappa shape index (κ2) is 7.07. The van der Waals surface area contributed by atoms with Crippen LogP contribution in [0.1, 0.15) is 18.1 Å². The van der Waals surface area contributed by atoms with E-state index in [1.54, 1.807) is 0 Å². The van der Waals surface area contributed by atoms with E-state index in [1.807, 2.05) is 36.9 Å². The number of amides is 1. The molecule has 1 atom stereocenters. The predicted octanol–water partition coefficient (Wildman–Crippen LogP) is 1.99. The van der Waals surface area contributed by atoms with Crippen LogP contribution >= 0.6 is 11.6 Å². The Bertz CT molecular complexity index is 473. The molecule has 0 radical (unpaired) electrons. The van der Waals surface area contributed by atoms with Gasteiger partial charge in [-0.25, -0.2) is 0 Å². The zero-order valence-electron chi connectivity index (χ0n) is 12.0. The van der Waals surface area contributed by atoms with E-state index in [0.29, 0.717) is 32.8 Å². The Balaban J connectivity index is 1.87. The van der Waals surface area contributed by atoms with Crippen molar-refractivity contribution in [3.63, 3.8) is 0 Å². The Morgan fingerprint density at radius 1 is 1.45 bits per heavy atom. The number of nitrogens with one attached hydrogen (secondary N) is 1. The van der Waals surface area contributed by atoms with Gasteiger partial charge < -0.3 is 15.0 Å². The topological polar surface area (TPSA) is 41.6 Å². The van der Waals surface area contributed by atoms with E-state index >= 15 is 0 Å². The number of morpholine rings is 1. The summed E-state index contributed by atoms with van der Waals surface area (Å²) in [7, 11) is 0. The Morgan fingerprint density at radius 3 is 2.80 bits per heavy atom. The van der Waals surface area contributed by atoms with E-state index in [1.165, 1.54) is 0 Å². The molecule has 1 aromatic rings. The third-order valence-corrected chi connectivity index (χ3v) is 3.85. The summed E-state index contributed by atoms with van der Waals surface area (Å²) in [6.45, 7) is 7.10. The second-order valence-electron chi connectivity index (χ2n) is 5.14.